The number of carbonyl (C=O) groups excluding carboxylic acids is 1. The van der Waals surface area contributed by atoms with Gasteiger partial charge in [-0.2, -0.15) is 0 Å². The molecule has 1 aromatic rings. The van der Waals surface area contributed by atoms with E-state index >= 15 is 0 Å². The zero-order valence-corrected chi connectivity index (χ0v) is 14.2. The SMILES string of the molecule is O=C(CCCOc1ccccc1F)N1CCCCC[C@H]2NCC[C@@H]21. The number of rotatable bonds is 5. The first kappa shape index (κ1) is 17.2. The molecule has 0 spiro atoms. The van der Waals surface area contributed by atoms with Crippen molar-refractivity contribution in [2.45, 2.75) is 57.0 Å². The van der Waals surface area contributed by atoms with Gasteiger partial charge in [-0.25, -0.2) is 4.39 Å². The number of carbonyl (C=O) groups is 1. The standard InChI is InChI=1S/C19H27FN2O2/c20-15-7-3-4-9-18(15)24-14-6-10-19(23)22-13-5-1-2-8-16-17(22)11-12-21-16/h3-4,7,9,16-17,21H,1-2,5-6,8,10-14H2/t16-,17+/m1/s1. The Morgan fingerprint density at radius 3 is 3.00 bits per heavy atom. The van der Waals surface area contributed by atoms with Crippen molar-refractivity contribution in [1.82, 2.24) is 10.2 Å². The molecule has 1 amide bonds. The normalized spacial score (nSPS) is 24.1. The van der Waals surface area contributed by atoms with Crippen LogP contribution in [0.25, 0.3) is 0 Å². The molecule has 2 saturated heterocycles. The summed E-state index contributed by atoms with van der Waals surface area (Å²) in [6, 6.07) is 7.20. The summed E-state index contributed by atoms with van der Waals surface area (Å²) >= 11 is 0. The van der Waals surface area contributed by atoms with Gasteiger partial charge in [-0.15, -0.1) is 0 Å². The van der Waals surface area contributed by atoms with Crippen LogP contribution in [0.4, 0.5) is 4.39 Å². The molecule has 2 aliphatic rings. The van der Waals surface area contributed by atoms with E-state index in [4.69, 9.17) is 4.74 Å². The minimum absolute atomic E-state index is 0.215. The molecular formula is C19H27FN2O2. The third kappa shape index (κ3) is 4.26. The Hall–Kier alpha value is -1.62. The summed E-state index contributed by atoms with van der Waals surface area (Å²) in [7, 11) is 0. The zero-order chi connectivity index (χ0) is 16.8. The second-order valence-corrected chi connectivity index (χ2v) is 6.74. The molecular weight excluding hydrogens is 307 g/mol. The van der Waals surface area contributed by atoms with Gasteiger partial charge < -0.3 is 15.0 Å². The number of hydrogen-bond acceptors (Lipinski definition) is 3. The van der Waals surface area contributed by atoms with E-state index in [0.717, 1.165) is 25.9 Å². The Bertz CT molecular complexity index is 552. The van der Waals surface area contributed by atoms with Crippen LogP contribution in [0.2, 0.25) is 0 Å². The Labute approximate surface area is 143 Å². The number of nitrogens with one attached hydrogen (secondary N) is 1. The number of amides is 1. The lowest BCUT2D eigenvalue weighted by Gasteiger charge is -2.35. The number of para-hydroxylation sites is 1. The minimum Gasteiger partial charge on any atom is -0.491 e. The Morgan fingerprint density at radius 1 is 1.25 bits per heavy atom. The van der Waals surface area contributed by atoms with Crippen LogP contribution in [-0.2, 0) is 4.79 Å². The maximum absolute atomic E-state index is 13.5. The third-order valence-electron chi connectivity index (χ3n) is 5.08. The van der Waals surface area contributed by atoms with Crippen LogP contribution in [0.5, 0.6) is 5.75 Å². The van der Waals surface area contributed by atoms with Gasteiger partial charge in [0, 0.05) is 25.0 Å². The second-order valence-electron chi connectivity index (χ2n) is 6.74. The Morgan fingerprint density at radius 2 is 2.12 bits per heavy atom. The van der Waals surface area contributed by atoms with Crippen molar-refractivity contribution in [3.05, 3.63) is 30.1 Å². The predicted molar refractivity (Wildman–Crippen MR) is 91.5 cm³/mol. The fourth-order valence-corrected chi connectivity index (χ4v) is 3.83. The van der Waals surface area contributed by atoms with E-state index in [1.807, 2.05) is 0 Å². The first-order valence-corrected chi connectivity index (χ1v) is 9.16. The predicted octanol–water partition coefficient (Wildman–Crippen LogP) is 3.12. The lowest BCUT2D eigenvalue weighted by Crippen LogP contribution is -2.48. The summed E-state index contributed by atoms with van der Waals surface area (Å²) in [5, 5.41) is 3.55. The number of halogens is 1. The molecule has 2 atom stereocenters. The largest absolute Gasteiger partial charge is 0.491 e. The van der Waals surface area contributed by atoms with Crippen LogP contribution in [0, 0.1) is 5.82 Å². The summed E-state index contributed by atoms with van der Waals surface area (Å²) in [6.45, 7) is 2.25. The molecule has 2 fully saturated rings. The molecule has 132 valence electrons. The van der Waals surface area contributed by atoms with Crippen LogP contribution in [-0.4, -0.2) is 42.6 Å². The third-order valence-corrected chi connectivity index (χ3v) is 5.08. The number of hydrogen-bond donors (Lipinski definition) is 1. The molecule has 24 heavy (non-hydrogen) atoms. The molecule has 0 aromatic heterocycles. The first-order chi connectivity index (χ1) is 11.8. The van der Waals surface area contributed by atoms with Crippen LogP contribution in [0.15, 0.2) is 24.3 Å². The van der Waals surface area contributed by atoms with Crippen molar-refractivity contribution >= 4 is 5.91 Å². The van der Waals surface area contributed by atoms with Crippen LogP contribution in [0.1, 0.15) is 44.9 Å². The monoisotopic (exact) mass is 334 g/mol. The van der Waals surface area contributed by atoms with E-state index < -0.39 is 0 Å². The van der Waals surface area contributed by atoms with Crippen molar-refractivity contribution in [3.8, 4) is 5.75 Å². The lowest BCUT2D eigenvalue weighted by molar-refractivity contribution is -0.134. The van der Waals surface area contributed by atoms with Gasteiger partial charge in [-0.05, 0) is 44.4 Å². The van der Waals surface area contributed by atoms with Crippen molar-refractivity contribution in [2.75, 3.05) is 19.7 Å². The highest BCUT2D eigenvalue weighted by Gasteiger charge is 2.34. The van der Waals surface area contributed by atoms with Gasteiger partial charge in [0.25, 0.3) is 0 Å². The maximum Gasteiger partial charge on any atom is 0.223 e. The number of nitrogens with zero attached hydrogens (tertiary/aromatic N) is 1. The minimum atomic E-state index is -0.354. The van der Waals surface area contributed by atoms with Crippen molar-refractivity contribution in [2.24, 2.45) is 0 Å². The van der Waals surface area contributed by atoms with Crippen molar-refractivity contribution in [1.29, 1.82) is 0 Å². The molecule has 2 aliphatic heterocycles. The number of fused-ring (bicyclic) bond motifs is 1. The van der Waals surface area contributed by atoms with E-state index in [0.29, 0.717) is 31.5 Å². The van der Waals surface area contributed by atoms with Crippen molar-refractivity contribution < 1.29 is 13.9 Å². The molecule has 1 N–H and O–H groups in total. The van der Waals surface area contributed by atoms with E-state index in [9.17, 15) is 9.18 Å². The molecule has 0 unspecified atom stereocenters. The lowest BCUT2D eigenvalue weighted by atomic mass is 9.97. The molecule has 0 saturated carbocycles. The van der Waals surface area contributed by atoms with Crippen molar-refractivity contribution in [3.63, 3.8) is 0 Å². The van der Waals surface area contributed by atoms with E-state index in [2.05, 4.69) is 10.2 Å². The molecule has 1 aromatic carbocycles. The molecule has 2 heterocycles. The quantitative estimate of drug-likeness (QED) is 0.841. The summed E-state index contributed by atoms with van der Waals surface area (Å²) < 4.78 is 18.9. The van der Waals surface area contributed by atoms with E-state index in [-0.39, 0.29) is 17.5 Å². The van der Waals surface area contributed by atoms with Gasteiger partial charge in [0.1, 0.15) is 0 Å². The second kappa shape index (κ2) is 8.47. The van der Waals surface area contributed by atoms with E-state index in [1.54, 1.807) is 18.2 Å². The molecule has 4 nitrogen and oxygen atoms in total. The van der Waals surface area contributed by atoms with Crippen LogP contribution >= 0.6 is 0 Å². The fraction of sp³-hybridized carbons (Fsp3) is 0.632. The van der Waals surface area contributed by atoms with Gasteiger partial charge in [0.15, 0.2) is 11.6 Å². The highest BCUT2D eigenvalue weighted by Crippen LogP contribution is 2.24. The molecule has 5 heteroatoms. The average molecular weight is 334 g/mol. The molecule has 0 aliphatic carbocycles. The van der Waals surface area contributed by atoms with Gasteiger partial charge in [-0.3, -0.25) is 4.79 Å². The summed E-state index contributed by atoms with van der Waals surface area (Å²) in [5.41, 5.74) is 0. The zero-order valence-electron chi connectivity index (χ0n) is 14.2. The maximum atomic E-state index is 13.5. The highest BCUT2D eigenvalue weighted by atomic mass is 19.1. The van der Waals surface area contributed by atoms with Gasteiger partial charge in [0.2, 0.25) is 5.91 Å². The highest BCUT2D eigenvalue weighted by molar-refractivity contribution is 5.76. The number of ether oxygens (including phenoxy) is 1. The van der Waals surface area contributed by atoms with Crippen LogP contribution < -0.4 is 10.1 Å². The van der Waals surface area contributed by atoms with E-state index in [1.165, 1.54) is 25.3 Å². The average Bonchev–Trinajstić information content (AvgIpc) is 3.00. The molecule has 0 radical (unpaired) electrons. The van der Waals surface area contributed by atoms with Gasteiger partial charge in [-0.1, -0.05) is 25.0 Å². The Kier molecular flexibility index (Phi) is 6.07. The van der Waals surface area contributed by atoms with Crippen LogP contribution in [0.3, 0.4) is 0 Å². The number of likely N-dealkylation sites (tertiary alicyclic amines) is 1. The summed E-state index contributed by atoms with van der Waals surface area (Å²) in [4.78, 5) is 14.7. The Balaban J connectivity index is 1.47. The summed E-state index contributed by atoms with van der Waals surface area (Å²) in [5.74, 6) is 0.122. The molecule has 0 bridgehead atoms. The topological polar surface area (TPSA) is 41.6 Å². The molecule has 3 rings (SSSR count). The smallest absolute Gasteiger partial charge is 0.223 e. The first-order valence-electron chi connectivity index (χ1n) is 9.16. The summed E-state index contributed by atoms with van der Waals surface area (Å²) in [6.07, 6.45) is 6.87. The van der Waals surface area contributed by atoms with Gasteiger partial charge >= 0.3 is 0 Å². The van der Waals surface area contributed by atoms with Gasteiger partial charge in [0.05, 0.1) is 6.61 Å². The fourth-order valence-electron chi connectivity index (χ4n) is 3.83. The number of benzene rings is 1.